The number of urea groups is 1. The first-order valence-corrected chi connectivity index (χ1v) is 11.7. The molecule has 8 nitrogen and oxygen atoms in total. The van der Waals surface area contributed by atoms with Gasteiger partial charge in [0.1, 0.15) is 5.82 Å². The van der Waals surface area contributed by atoms with E-state index in [1.54, 1.807) is 34.8 Å². The second-order valence-electron chi connectivity index (χ2n) is 8.89. The minimum absolute atomic E-state index is 0. The number of rotatable bonds is 5. The molecule has 3 aromatic rings. The van der Waals surface area contributed by atoms with E-state index in [0.717, 1.165) is 31.6 Å². The molecule has 10 heteroatoms. The van der Waals surface area contributed by atoms with Gasteiger partial charge in [0, 0.05) is 68.1 Å². The van der Waals surface area contributed by atoms with Crippen LogP contribution in [0.4, 0.5) is 26.4 Å². The first-order valence-electron chi connectivity index (χ1n) is 11.7. The molecule has 0 radical (unpaired) electrons. The number of hydrogen-bond donors (Lipinski definition) is 2. The number of fused-ring (bicyclic) bond motifs is 2. The van der Waals surface area contributed by atoms with Crippen LogP contribution in [0.15, 0.2) is 30.7 Å². The fraction of sp³-hybridized carbons (Fsp3) is 0.458. The molecule has 0 aromatic carbocycles. The maximum atomic E-state index is 14.4. The molecule has 2 aliphatic heterocycles. The quantitative estimate of drug-likeness (QED) is 0.565. The SMILES string of the molecule is CCCC[C@H]1CN(c2ccnc3c2CCN3C(=O)Nc2cc(F)c3nc(C)cn3c2)CCN1.Cl. The number of pyridine rings is 2. The summed E-state index contributed by atoms with van der Waals surface area (Å²) < 4.78 is 16.0. The summed E-state index contributed by atoms with van der Waals surface area (Å²) in [5, 5.41) is 6.46. The summed E-state index contributed by atoms with van der Waals surface area (Å²) in [7, 11) is 0. The van der Waals surface area contributed by atoms with Crippen LogP contribution in [-0.4, -0.2) is 52.6 Å². The zero-order chi connectivity index (χ0) is 22.9. The number of hydrogen-bond acceptors (Lipinski definition) is 5. The highest BCUT2D eigenvalue weighted by atomic mass is 35.5. The summed E-state index contributed by atoms with van der Waals surface area (Å²) in [5.41, 5.74) is 3.62. The van der Waals surface area contributed by atoms with Crippen LogP contribution in [0, 0.1) is 12.7 Å². The van der Waals surface area contributed by atoms with Crippen LogP contribution in [0.1, 0.15) is 37.4 Å². The van der Waals surface area contributed by atoms with E-state index in [4.69, 9.17) is 0 Å². The number of amides is 2. The van der Waals surface area contributed by atoms with Gasteiger partial charge in [-0.15, -0.1) is 12.4 Å². The lowest BCUT2D eigenvalue weighted by Crippen LogP contribution is -2.51. The van der Waals surface area contributed by atoms with E-state index in [1.807, 2.05) is 0 Å². The molecule has 0 saturated carbocycles. The van der Waals surface area contributed by atoms with E-state index >= 15 is 0 Å². The molecule has 0 unspecified atom stereocenters. The number of piperazine rings is 1. The van der Waals surface area contributed by atoms with Gasteiger partial charge in [-0.25, -0.2) is 19.2 Å². The smallest absolute Gasteiger partial charge is 0.327 e. The van der Waals surface area contributed by atoms with Crippen LogP contribution in [0.3, 0.4) is 0 Å². The normalized spacial score (nSPS) is 17.6. The predicted octanol–water partition coefficient (Wildman–Crippen LogP) is 4.16. The molecule has 0 bridgehead atoms. The summed E-state index contributed by atoms with van der Waals surface area (Å²) in [6, 6.07) is 3.54. The average Bonchev–Trinajstić information content (AvgIpc) is 3.41. The average molecular weight is 488 g/mol. The first kappa shape index (κ1) is 24.2. The molecule has 0 spiro atoms. The van der Waals surface area contributed by atoms with Gasteiger partial charge in [0.05, 0.1) is 11.4 Å². The highest BCUT2D eigenvalue weighted by molar-refractivity contribution is 6.03. The van der Waals surface area contributed by atoms with Gasteiger partial charge in [-0.05, 0) is 25.8 Å². The van der Waals surface area contributed by atoms with Crippen LogP contribution in [0.25, 0.3) is 5.65 Å². The summed E-state index contributed by atoms with van der Waals surface area (Å²) in [4.78, 5) is 25.9. The molecule has 1 saturated heterocycles. The Hall–Kier alpha value is -2.91. The summed E-state index contributed by atoms with van der Waals surface area (Å²) >= 11 is 0. The largest absolute Gasteiger partial charge is 0.368 e. The van der Waals surface area contributed by atoms with Crippen LogP contribution in [0.5, 0.6) is 0 Å². The fourth-order valence-electron chi connectivity index (χ4n) is 4.89. The number of anilines is 3. The lowest BCUT2D eigenvalue weighted by molar-refractivity contribution is 0.257. The van der Waals surface area contributed by atoms with Crippen LogP contribution >= 0.6 is 12.4 Å². The number of carbonyl (C=O) groups excluding carboxylic acids is 1. The van der Waals surface area contributed by atoms with Gasteiger partial charge < -0.3 is 19.9 Å². The molecular formula is C24H31ClFN7O. The van der Waals surface area contributed by atoms with Crippen LogP contribution in [0.2, 0.25) is 0 Å². The Morgan fingerprint density at radius 2 is 2.18 bits per heavy atom. The molecule has 3 aromatic heterocycles. The van der Waals surface area contributed by atoms with E-state index in [9.17, 15) is 9.18 Å². The number of aryl methyl sites for hydroxylation is 1. The van der Waals surface area contributed by atoms with E-state index < -0.39 is 5.82 Å². The maximum absolute atomic E-state index is 14.4. The highest BCUT2D eigenvalue weighted by Gasteiger charge is 2.31. The molecule has 5 rings (SSSR count). The van der Waals surface area contributed by atoms with Gasteiger partial charge in [0.2, 0.25) is 0 Å². The van der Waals surface area contributed by atoms with E-state index in [0.29, 0.717) is 29.8 Å². The molecule has 2 aliphatic rings. The van der Waals surface area contributed by atoms with Crippen molar-refractivity contribution in [3.63, 3.8) is 0 Å². The third kappa shape index (κ3) is 4.67. The van der Waals surface area contributed by atoms with Gasteiger partial charge >= 0.3 is 6.03 Å². The summed E-state index contributed by atoms with van der Waals surface area (Å²) in [6.45, 7) is 7.43. The number of nitrogens with one attached hydrogen (secondary N) is 2. The lowest BCUT2D eigenvalue weighted by Gasteiger charge is -2.36. The van der Waals surface area contributed by atoms with Crippen molar-refractivity contribution >= 4 is 41.3 Å². The number of unbranched alkanes of at least 4 members (excludes halogenated alkanes) is 1. The van der Waals surface area contributed by atoms with Crippen LogP contribution in [-0.2, 0) is 6.42 Å². The van der Waals surface area contributed by atoms with Gasteiger partial charge in [-0.2, -0.15) is 0 Å². The molecule has 2 N–H and O–H groups in total. The van der Waals surface area contributed by atoms with Crippen molar-refractivity contribution < 1.29 is 9.18 Å². The lowest BCUT2D eigenvalue weighted by atomic mass is 10.1. The Balaban J connectivity index is 0.00000274. The predicted molar refractivity (Wildman–Crippen MR) is 135 cm³/mol. The number of halogens is 2. The van der Waals surface area contributed by atoms with Gasteiger partial charge in [0.25, 0.3) is 0 Å². The second kappa shape index (κ2) is 10.1. The molecule has 182 valence electrons. The monoisotopic (exact) mass is 487 g/mol. The van der Waals surface area contributed by atoms with E-state index in [1.165, 1.54) is 31.0 Å². The van der Waals surface area contributed by atoms with E-state index in [2.05, 4.69) is 38.5 Å². The topological polar surface area (TPSA) is 77.8 Å². The second-order valence-corrected chi connectivity index (χ2v) is 8.89. The fourth-order valence-corrected chi connectivity index (χ4v) is 4.89. The van der Waals surface area contributed by atoms with Gasteiger partial charge in [-0.1, -0.05) is 19.8 Å². The summed E-state index contributed by atoms with van der Waals surface area (Å²) in [6.07, 6.45) is 9.53. The molecule has 2 amide bonds. The molecular weight excluding hydrogens is 457 g/mol. The van der Waals surface area contributed by atoms with Gasteiger partial charge in [-0.3, -0.25) is 4.90 Å². The van der Waals surface area contributed by atoms with Crippen molar-refractivity contribution in [1.82, 2.24) is 19.7 Å². The minimum atomic E-state index is -0.473. The standard InChI is InChI=1S/C24H30FN7O.ClH/c1-3-4-5-17-14-30(11-9-26-17)21-6-8-27-22-19(21)7-10-32(22)24(33)29-18-12-20(25)23-28-16(2)13-31(23)15-18;/h6,8,12-13,15,17,26H,3-5,7,9-11,14H2,1-2H3,(H,29,33);1H/t17-;/m0./s1. The Morgan fingerprint density at radius 1 is 1.32 bits per heavy atom. The minimum Gasteiger partial charge on any atom is -0.368 e. The number of carbonyl (C=O) groups is 1. The summed E-state index contributed by atoms with van der Waals surface area (Å²) in [5.74, 6) is 0.216. The zero-order valence-electron chi connectivity index (χ0n) is 19.6. The third-order valence-electron chi connectivity index (χ3n) is 6.47. The van der Waals surface area contributed by atoms with Crippen molar-refractivity contribution in [2.75, 3.05) is 41.3 Å². The van der Waals surface area contributed by atoms with Gasteiger partial charge in [0.15, 0.2) is 11.5 Å². The maximum Gasteiger partial charge on any atom is 0.327 e. The molecule has 1 atom stereocenters. The van der Waals surface area contributed by atoms with Crippen molar-refractivity contribution in [2.24, 2.45) is 0 Å². The third-order valence-corrected chi connectivity index (χ3v) is 6.47. The number of aromatic nitrogens is 3. The Morgan fingerprint density at radius 3 is 3.00 bits per heavy atom. The van der Waals surface area contributed by atoms with Crippen molar-refractivity contribution in [3.05, 3.63) is 47.8 Å². The number of imidazole rings is 1. The molecule has 34 heavy (non-hydrogen) atoms. The Labute approximate surface area is 205 Å². The van der Waals surface area contributed by atoms with Crippen LogP contribution < -0.4 is 20.4 Å². The molecule has 0 aliphatic carbocycles. The molecule has 1 fully saturated rings. The van der Waals surface area contributed by atoms with E-state index in [-0.39, 0.29) is 24.1 Å². The Bertz CT molecular complexity index is 1180. The zero-order valence-corrected chi connectivity index (χ0v) is 20.4. The highest BCUT2D eigenvalue weighted by Crippen LogP contribution is 2.34. The first-order chi connectivity index (χ1) is 16.0. The van der Waals surface area contributed by atoms with Crippen molar-refractivity contribution in [3.8, 4) is 0 Å². The number of nitrogens with zero attached hydrogens (tertiary/aromatic N) is 5. The Kier molecular flexibility index (Phi) is 7.23. The van der Waals surface area contributed by atoms with Crippen molar-refractivity contribution in [2.45, 2.75) is 45.6 Å². The van der Waals surface area contributed by atoms with Crippen molar-refractivity contribution in [1.29, 1.82) is 0 Å². The molecule has 5 heterocycles.